The van der Waals surface area contributed by atoms with Crippen LogP contribution in [-0.4, -0.2) is 35.6 Å². The molecule has 0 unspecified atom stereocenters. The van der Waals surface area contributed by atoms with E-state index in [0.29, 0.717) is 6.04 Å². The minimum atomic E-state index is 0. The van der Waals surface area contributed by atoms with E-state index < -0.39 is 0 Å². The van der Waals surface area contributed by atoms with Crippen LogP contribution in [0.25, 0.3) is 0 Å². The van der Waals surface area contributed by atoms with Gasteiger partial charge in [-0.25, -0.2) is 0 Å². The van der Waals surface area contributed by atoms with Crippen molar-refractivity contribution in [1.29, 1.82) is 0 Å². The summed E-state index contributed by atoms with van der Waals surface area (Å²) < 4.78 is 0. The van der Waals surface area contributed by atoms with Gasteiger partial charge in [-0.15, -0.1) is 12.4 Å². The third-order valence-electron chi connectivity index (χ3n) is 3.16. The molecule has 0 aromatic carbocycles. The largest absolute Gasteiger partial charge is 0.314 e. The number of hydrogen-bond acceptors (Lipinski definition) is 3. The van der Waals surface area contributed by atoms with E-state index in [1.165, 1.54) is 11.1 Å². The lowest BCUT2D eigenvalue weighted by Gasteiger charge is -2.34. The van der Waals surface area contributed by atoms with Crippen LogP contribution in [0.2, 0.25) is 0 Å². The molecule has 0 spiro atoms. The summed E-state index contributed by atoms with van der Waals surface area (Å²) in [5.41, 5.74) is 2.70. The molecule has 1 fully saturated rings. The van der Waals surface area contributed by atoms with Crippen LogP contribution in [0.1, 0.15) is 18.1 Å². The summed E-state index contributed by atoms with van der Waals surface area (Å²) in [5.74, 6) is 0. The van der Waals surface area contributed by atoms with Crippen molar-refractivity contribution in [3.8, 4) is 0 Å². The van der Waals surface area contributed by atoms with Crippen molar-refractivity contribution in [2.75, 3.05) is 19.6 Å². The first-order valence-corrected chi connectivity index (χ1v) is 5.61. The number of hydrogen-bond donors (Lipinski definition) is 1. The first-order valence-electron chi connectivity index (χ1n) is 5.61. The molecule has 1 aromatic rings. The fourth-order valence-electron chi connectivity index (χ4n) is 2.00. The van der Waals surface area contributed by atoms with Gasteiger partial charge in [0.05, 0.1) is 0 Å². The Kier molecular flexibility index (Phi) is 5.19. The predicted octanol–water partition coefficient (Wildman–Crippen LogP) is 1.61. The molecule has 4 heteroatoms. The molecule has 1 aliphatic rings. The minimum Gasteiger partial charge on any atom is -0.314 e. The molecule has 1 saturated heterocycles. The molecule has 0 saturated carbocycles. The highest BCUT2D eigenvalue weighted by molar-refractivity contribution is 5.85. The molecule has 16 heavy (non-hydrogen) atoms. The zero-order chi connectivity index (χ0) is 10.7. The maximum atomic E-state index is 4.19. The Labute approximate surface area is 104 Å². The van der Waals surface area contributed by atoms with Crippen LogP contribution in [-0.2, 0) is 6.54 Å². The smallest absolute Gasteiger partial charge is 0.0315 e. The van der Waals surface area contributed by atoms with Gasteiger partial charge in [0.15, 0.2) is 0 Å². The van der Waals surface area contributed by atoms with E-state index in [1.807, 2.05) is 12.4 Å². The molecular formula is C12H20ClN3. The molecule has 2 heterocycles. The van der Waals surface area contributed by atoms with E-state index in [1.54, 1.807) is 0 Å². The Morgan fingerprint density at radius 3 is 3.06 bits per heavy atom. The van der Waals surface area contributed by atoms with Crippen LogP contribution in [0.3, 0.4) is 0 Å². The Balaban J connectivity index is 0.00000128. The van der Waals surface area contributed by atoms with Crippen molar-refractivity contribution < 1.29 is 0 Å². The molecule has 0 bridgehead atoms. The lowest BCUT2D eigenvalue weighted by atomic mass is 10.1. The highest BCUT2D eigenvalue weighted by Crippen LogP contribution is 2.12. The summed E-state index contributed by atoms with van der Waals surface area (Å²) in [6, 6.07) is 2.71. The maximum absolute atomic E-state index is 4.19. The predicted molar refractivity (Wildman–Crippen MR) is 69.0 cm³/mol. The second kappa shape index (κ2) is 6.18. The van der Waals surface area contributed by atoms with Crippen LogP contribution in [0.4, 0.5) is 0 Å². The van der Waals surface area contributed by atoms with Crippen molar-refractivity contribution >= 4 is 12.4 Å². The number of rotatable bonds is 2. The van der Waals surface area contributed by atoms with Gasteiger partial charge < -0.3 is 5.32 Å². The monoisotopic (exact) mass is 241 g/mol. The lowest BCUT2D eigenvalue weighted by molar-refractivity contribution is 0.165. The molecule has 0 radical (unpaired) electrons. The number of pyridine rings is 1. The first kappa shape index (κ1) is 13.4. The third-order valence-corrected chi connectivity index (χ3v) is 3.16. The second-order valence-electron chi connectivity index (χ2n) is 4.33. The normalized spacial score (nSPS) is 21.5. The fourth-order valence-corrected chi connectivity index (χ4v) is 2.00. The molecule has 1 N–H and O–H groups in total. The number of piperazine rings is 1. The molecule has 1 aromatic heterocycles. The maximum Gasteiger partial charge on any atom is 0.0315 e. The molecular weight excluding hydrogens is 222 g/mol. The quantitative estimate of drug-likeness (QED) is 0.853. The van der Waals surface area contributed by atoms with Crippen molar-refractivity contribution in [3.05, 3.63) is 29.6 Å². The van der Waals surface area contributed by atoms with Crippen LogP contribution in [0, 0.1) is 6.92 Å². The summed E-state index contributed by atoms with van der Waals surface area (Å²) >= 11 is 0. The topological polar surface area (TPSA) is 28.2 Å². The van der Waals surface area contributed by atoms with Gasteiger partial charge in [0.2, 0.25) is 0 Å². The van der Waals surface area contributed by atoms with Crippen LogP contribution >= 0.6 is 12.4 Å². The molecule has 3 nitrogen and oxygen atoms in total. The Morgan fingerprint density at radius 1 is 1.56 bits per heavy atom. The SMILES string of the molecule is Cc1ccncc1CN1CCNC[C@H]1C.Cl. The summed E-state index contributed by atoms with van der Waals surface area (Å²) in [4.78, 5) is 6.71. The standard InChI is InChI=1S/C12H19N3.ClH/c1-10-3-4-13-8-12(10)9-15-6-5-14-7-11(15)2;/h3-4,8,11,14H,5-7,9H2,1-2H3;1H/t11-;/m1./s1. The second-order valence-corrected chi connectivity index (χ2v) is 4.33. The van der Waals surface area contributed by atoms with E-state index in [0.717, 1.165) is 26.2 Å². The lowest BCUT2D eigenvalue weighted by Crippen LogP contribution is -2.49. The summed E-state index contributed by atoms with van der Waals surface area (Å²) in [6.45, 7) is 8.79. The van der Waals surface area contributed by atoms with Gasteiger partial charge in [-0.05, 0) is 31.0 Å². The van der Waals surface area contributed by atoms with Crippen molar-refractivity contribution in [3.63, 3.8) is 0 Å². The van der Waals surface area contributed by atoms with E-state index in [4.69, 9.17) is 0 Å². The number of nitrogens with zero attached hydrogens (tertiary/aromatic N) is 2. The first-order chi connectivity index (χ1) is 7.27. The van der Waals surface area contributed by atoms with Gasteiger partial charge in [0.25, 0.3) is 0 Å². The zero-order valence-corrected chi connectivity index (χ0v) is 10.8. The highest BCUT2D eigenvalue weighted by Gasteiger charge is 2.18. The van der Waals surface area contributed by atoms with Crippen molar-refractivity contribution in [2.45, 2.75) is 26.4 Å². The summed E-state index contributed by atoms with van der Waals surface area (Å²) in [6.07, 6.45) is 3.85. The molecule has 0 aliphatic carbocycles. The average Bonchev–Trinajstić information content (AvgIpc) is 2.24. The Hall–Kier alpha value is -0.640. The Morgan fingerprint density at radius 2 is 2.38 bits per heavy atom. The number of nitrogens with one attached hydrogen (secondary N) is 1. The van der Waals surface area contributed by atoms with E-state index in [-0.39, 0.29) is 12.4 Å². The highest BCUT2D eigenvalue weighted by atomic mass is 35.5. The van der Waals surface area contributed by atoms with Gasteiger partial charge in [-0.1, -0.05) is 0 Å². The number of halogens is 1. The zero-order valence-electron chi connectivity index (χ0n) is 9.94. The summed E-state index contributed by atoms with van der Waals surface area (Å²) in [7, 11) is 0. The fraction of sp³-hybridized carbons (Fsp3) is 0.583. The van der Waals surface area contributed by atoms with E-state index in [2.05, 4.69) is 35.1 Å². The van der Waals surface area contributed by atoms with Crippen molar-refractivity contribution in [1.82, 2.24) is 15.2 Å². The van der Waals surface area contributed by atoms with Crippen LogP contribution in [0.5, 0.6) is 0 Å². The Bertz CT molecular complexity index is 330. The van der Waals surface area contributed by atoms with Gasteiger partial charge in [0.1, 0.15) is 0 Å². The third kappa shape index (κ3) is 3.17. The molecule has 0 amide bonds. The molecule has 2 rings (SSSR count). The van der Waals surface area contributed by atoms with Crippen LogP contribution in [0.15, 0.2) is 18.5 Å². The van der Waals surface area contributed by atoms with Gasteiger partial charge >= 0.3 is 0 Å². The average molecular weight is 242 g/mol. The van der Waals surface area contributed by atoms with E-state index >= 15 is 0 Å². The van der Waals surface area contributed by atoms with E-state index in [9.17, 15) is 0 Å². The minimum absolute atomic E-state index is 0. The molecule has 1 aliphatic heterocycles. The van der Waals surface area contributed by atoms with Crippen molar-refractivity contribution in [2.24, 2.45) is 0 Å². The number of aryl methyl sites for hydroxylation is 1. The van der Waals surface area contributed by atoms with Gasteiger partial charge in [0, 0.05) is 44.6 Å². The molecule has 90 valence electrons. The van der Waals surface area contributed by atoms with Gasteiger partial charge in [-0.2, -0.15) is 0 Å². The molecule has 1 atom stereocenters. The van der Waals surface area contributed by atoms with Crippen LogP contribution < -0.4 is 5.32 Å². The summed E-state index contributed by atoms with van der Waals surface area (Å²) in [5, 5.41) is 3.41. The number of aromatic nitrogens is 1. The van der Waals surface area contributed by atoms with Gasteiger partial charge in [-0.3, -0.25) is 9.88 Å².